The van der Waals surface area contributed by atoms with Gasteiger partial charge in [-0.2, -0.15) is 0 Å². The number of amides is 1. The number of cyclic esters (lactones) is 1. The molecule has 1 aromatic heterocycles. The lowest BCUT2D eigenvalue weighted by Gasteiger charge is -2.45. The smallest absolute Gasteiger partial charge is 0.464 e. The number of esters is 1. The second-order valence-electron chi connectivity index (χ2n) is 16.8. The molecule has 12 atom stereocenters. The van der Waals surface area contributed by atoms with Crippen molar-refractivity contribution in [3.63, 3.8) is 0 Å². The number of aliphatic hydroxyl groups is 1. The van der Waals surface area contributed by atoms with Crippen LogP contribution in [0.5, 0.6) is 0 Å². The SMILES string of the molecule is CC1CC(C)C(O)C(O[C@@H]2[C@@H](C)C(=O)[C@@H](C)C(=O)O[C@H](CCNC(=O)Cc3cccc(-c4ccco4)c3)[C@@]3(C)OC(=O)O[C@@H]3[C@@H](C)C(=O)[C@H](C)CC2(C)C)O1. The predicted octanol–water partition coefficient (Wildman–Crippen LogP) is 5.83. The van der Waals surface area contributed by atoms with Gasteiger partial charge in [-0.15, -0.1) is 0 Å². The van der Waals surface area contributed by atoms with Crippen LogP contribution in [0.3, 0.4) is 0 Å². The molecule has 3 aliphatic heterocycles. The fourth-order valence-corrected chi connectivity index (χ4v) is 8.70. The molecule has 3 fully saturated rings. The number of fused-ring (bicyclic) bond motifs is 1. The highest BCUT2D eigenvalue weighted by Gasteiger charge is 2.59. The van der Waals surface area contributed by atoms with Crippen LogP contribution in [0.2, 0.25) is 0 Å². The van der Waals surface area contributed by atoms with Crippen molar-refractivity contribution in [1.82, 2.24) is 5.32 Å². The van der Waals surface area contributed by atoms with Gasteiger partial charge in [0.25, 0.3) is 0 Å². The van der Waals surface area contributed by atoms with Crippen molar-refractivity contribution in [3.8, 4) is 11.3 Å². The highest BCUT2D eigenvalue weighted by Crippen LogP contribution is 2.43. The molecule has 0 spiro atoms. The summed E-state index contributed by atoms with van der Waals surface area (Å²) >= 11 is 0. The van der Waals surface area contributed by atoms with E-state index in [1.54, 1.807) is 40.0 Å². The maximum atomic E-state index is 14.2. The van der Waals surface area contributed by atoms with Gasteiger partial charge in [-0.1, -0.05) is 59.7 Å². The molecule has 0 aliphatic carbocycles. The monoisotopic (exact) mass is 767 g/mol. The largest absolute Gasteiger partial charge is 0.509 e. The van der Waals surface area contributed by atoms with Gasteiger partial charge in [-0.25, -0.2) is 4.79 Å². The van der Waals surface area contributed by atoms with Crippen molar-refractivity contribution >= 4 is 29.6 Å². The zero-order chi connectivity index (χ0) is 40.4. The Balaban J connectivity index is 1.40. The number of ether oxygens (including phenoxy) is 5. The highest BCUT2D eigenvalue weighted by atomic mass is 16.8. The Morgan fingerprint density at radius 2 is 1.67 bits per heavy atom. The van der Waals surface area contributed by atoms with Gasteiger partial charge in [-0.05, 0) is 68.7 Å². The minimum Gasteiger partial charge on any atom is -0.464 e. The Morgan fingerprint density at radius 3 is 2.36 bits per heavy atom. The lowest BCUT2D eigenvalue weighted by Crippen LogP contribution is -2.56. The zero-order valence-corrected chi connectivity index (χ0v) is 33.4. The van der Waals surface area contributed by atoms with Gasteiger partial charge in [0.05, 0.1) is 30.8 Å². The van der Waals surface area contributed by atoms with E-state index < -0.39 is 83.3 Å². The number of aliphatic hydroxyl groups excluding tert-OH is 1. The Kier molecular flexibility index (Phi) is 13.0. The fourth-order valence-electron chi connectivity index (χ4n) is 8.70. The normalized spacial score (nSPS) is 35.9. The summed E-state index contributed by atoms with van der Waals surface area (Å²) in [5, 5.41) is 13.9. The molecule has 2 N–H and O–H groups in total. The molecule has 55 heavy (non-hydrogen) atoms. The Bertz CT molecular complexity index is 1710. The highest BCUT2D eigenvalue weighted by molar-refractivity contribution is 6.00. The van der Waals surface area contributed by atoms with Gasteiger partial charge in [0.15, 0.2) is 23.8 Å². The molecule has 5 rings (SSSR count). The van der Waals surface area contributed by atoms with Gasteiger partial charge in [0.2, 0.25) is 5.91 Å². The first-order chi connectivity index (χ1) is 25.8. The fraction of sp³-hybridized carbons (Fsp3) is 0.643. The van der Waals surface area contributed by atoms with Crippen LogP contribution in [-0.2, 0) is 49.3 Å². The van der Waals surface area contributed by atoms with Crippen LogP contribution < -0.4 is 5.32 Å². The number of benzene rings is 1. The molecule has 302 valence electrons. The number of carbonyl (C=O) groups excluding carboxylic acids is 5. The third kappa shape index (κ3) is 9.32. The van der Waals surface area contributed by atoms with Crippen molar-refractivity contribution in [2.75, 3.05) is 6.54 Å². The molecule has 3 aliphatic rings. The molecule has 13 nitrogen and oxygen atoms in total. The zero-order valence-electron chi connectivity index (χ0n) is 33.4. The van der Waals surface area contributed by atoms with Crippen LogP contribution in [0.4, 0.5) is 4.79 Å². The van der Waals surface area contributed by atoms with E-state index in [4.69, 9.17) is 28.1 Å². The average molecular weight is 768 g/mol. The summed E-state index contributed by atoms with van der Waals surface area (Å²) in [4.78, 5) is 68.2. The molecule has 0 radical (unpaired) electrons. The number of carbonyl (C=O) groups is 5. The van der Waals surface area contributed by atoms with E-state index in [1.807, 2.05) is 58.0 Å². The molecular formula is C42H57NO12. The van der Waals surface area contributed by atoms with Crippen LogP contribution in [0.15, 0.2) is 47.1 Å². The van der Waals surface area contributed by atoms with Crippen LogP contribution in [0.25, 0.3) is 11.3 Å². The maximum absolute atomic E-state index is 14.2. The second-order valence-corrected chi connectivity index (χ2v) is 16.8. The molecular weight excluding hydrogens is 710 g/mol. The van der Waals surface area contributed by atoms with Crippen molar-refractivity contribution in [2.45, 2.75) is 130 Å². The first-order valence-corrected chi connectivity index (χ1v) is 19.4. The first kappa shape index (κ1) is 42.1. The van der Waals surface area contributed by atoms with Crippen LogP contribution in [0.1, 0.15) is 87.1 Å². The molecule has 4 unspecified atom stereocenters. The summed E-state index contributed by atoms with van der Waals surface area (Å²) in [7, 11) is 0. The van der Waals surface area contributed by atoms with Crippen LogP contribution >= 0.6 is 0 Å². The van der Waals surface area contributed by atoms with E-state index in [2.05, 4.69) is 5.32 Å². The molecule has 1 amide bonds. The Hall–Kier alpha value is -4.07. The molecule has 0 bridgehead atoms. The van der Waals surface area contributed by atoms with Gasteiger partial charge in [0.1, 0.15) is 29.7 Å². The maximum Gasteiger partial charge on any atom is 0.509 e. The molecule has 2 aromatic rings. The average Bonchev–Trinajstić information content (AvgIpc) is 3.78. The van der Waals surface area contributed by atoms with E-state index in [9.17, 15) is 29.1 Å². The summed E-state index contributed by atoms with van der Waals surface area (Å²) in [6.07, 6.45) is -3.92. The molecule has 13 heteroatoms. The number of nitrogens with one attached hydrogen (secondary N) is 1. The van der Waals surface area contributed by atoms with E-state index in [-0.39, 0.29) is 49.5 Å². The lowest BCUT2D eigenvalue weighted by molar-refractivity contribution is -0.284. The topological polar surface area (TPSA) is 177 Å². The quantitative estimate of drug-likeness (QED) is 0.243. The Labute approximate surface area is 323 Å². The summed E-state index contributed by atoms with van der Waals surface area (Å²) in [6.45, 7) is 15.7. The van der Waals surface area contributed by atoms with Gasteiger partial charge in [0, 0.05) is 30.4 Å². The van der Waals surface area contributed by atoms with E-state index in [1.165, 1.54) is 6.92 Å². The van der Waals surface area contributed by atoms with Crippen molar-refractivity contribution in [2.24, 2.45) is 35.0 Å². The van der Waals surface area contributed by atoms with E-state index in [0.29, 0.717) is 12.2 Å². The lowest BCUT2D eigenvalue weighted by atomic mass is 9.69. The number of hydrogen-bond donors (Lipinski definition) is 2. The predicted molar refractivity (Wildman–Crippen MR) is 199 cm³/mol. The van der Waals surface area contributed by atoms with Crippen LogP contribution in [0, 0.1) is 35.0 Å². The summed E-state index contributed by atoms with van der Waals surface area (Å²) in [5.41, 5.74) is -0.892. The third-order valence-electron chi connectivity index (χ3n) is 11.7. The number of ketones is 2. The van der Waals surface area contributed by atoms with Crippen LogP contribution in [-0.4, -0.2) is 83.7 Å². The summed E-state index contributed by atoms with van der Waals surface area (Å²) in [6, 6.07) is 11.0. The number of hydrogen-bond acceptors (Lipinski definition) is 12. The minimum absolute atomic E-state index is 0.0106. The number of furan rings is 1. The van der Waals surface area contributed by atoms with E-state index in [0.717, 1.165) is 11.1 Å². The Morgan fingerprint density at radius 1 is 0.945 bits per heavy atom. The number of Topliss-reactive ketones (excluding diaryl/α,β-unsaturated/α-hetero) is 2. The van der Waals surface area contributed by atoms with E-state index >= 15 is 0 Å². The van der Waals surface area contributed by atoms with Crippen molar-refractivity contribution in [1.29, 1.82) is 0 Å². The summed E-state index contributed by atoms with van der Waals surface area (Å²) in [5.74, 6) is -4.96. The second kappa shape index (κ2) is 17.0. The molecule has 1 aromatic carbocycles. The van der Waals surface area contributed by atoms with Gasteiger partial charge in [-0.3, -0.25) is 19.2 Å². The minimum atomic E-state index is -1.63. The van der Waals surface area contributed by atoms with Crippen molar-refractivity contribution < 1.29 is 57.2 Å². The molecule has 4 heterocycles. The van der Waals surface area contributed by atoms with Crippen molar-refractivity contribution in [3.05, 3.63) is 48.2 Å². The molecule has 0 saturated carbocycles. The standard InChI is InChI=1S/C42H57NO12/c1-22-18-24(3)51-39(34(22)46)53-36-26(5)35(47)27(6)38(48)52-31(15-16-43-32(44)20-28-12-10-13-29(19-28)30-14-11-17-50-30)42(9)37(54-40(49)55-42)25(4)33(45)23(2)21-41(36,7)8/h10-14,17,19,22-27,31,34,36-37,39,46H,15-16,18,20-21H2,1-9H3,(H,43,44)/t22?,23-,24?,25+,26+,27-,31-,34?,36-,37-,39?,42-/m1/s1. The molecule has 3 saturated heterocycles. The third-order valence-corrected chi connectivity index (χ3v) is 11.7. The van der Waals surface area contributed by atoms with Gasteiger partial charge >= 0.3 is 12.1 Å². The van der Waals surface area contributed by atoms with Gasteiger partial charge < -0.3 is 38.5 Å². The summed E-state index contributed by atoms with van der Waals surface area (Å²) < 4.78 is 35.4. The number of rotatable bonds is 8. The first-order valence-electron chi connectivity index (χ1n) is 19.4.